The Bertz CT molecular complexity index is 1020. The highest BCUT2D eigenvalue weighted by molar-refractivity contribution is 7.90. The van der Waals surface area contributed by atoms with Gasteiger partial charge >= 0.3 is 5.97 Å². The lowest BCUT2D eigenvalue weighted by molar-refractivity contribution is 0.0600. The summed E-state index contributed by atoms with van der Waals surface area (Å²) in [5.74, 6) is -0.874. The molecule has 0 aliphatic carbocycles. The Morgan fingerprint density at radius 1 is 1.24 bits per heavy atom. The van der Waals surface area contributed by atoms with Crippen LogP contribution in [0.3, 0.4) is 0 Å². The van der Waals surface area contributed by atoms with Crippen molar-refractivity contribution >= 4 is 50.5 Å². The maximum Gasteiger partial charge on any atom is 0.341 e. The number of methoxy groups -OCH3 is 1. The number of halogens is 1. The van der Waals surface area contributed by atoms with E-state index in [0.717, 1.165) is 42.8 Å². The highest BCUT2D eigenvalue weighted by Crippen LogP contribution is 2.37. The van der Waals surface area contributed by atoms with E-state index in [2.05, 4.69) is 17.1 Å². The number of esters is 1. The molecule has 0 fully saturated rings. The maximum atomic E-state index is 12.7. The van der Waals surface area contributed by atoms with Crippen LogP contribution in [0, 0.1) is 0 Å². The molecule has 0 saturated heterocycles. The molecule has 29 heavy (non-hydrogen) atoms. The summed E-state index contributed by atoms with van der Waals surface area (Å²) < 4.78 is 28.1. The fourth-order valence-electron chi connectivity index (χ4n) is 3.16. The van der Waals surface area contributed by atoms with E-state index in [9.17, 15) is 18.0 Å². The maximum absolute atomic E-state index is 12.7. The van der Waals surface area contributed by atoms with Gasteiger partial charge in [-0.1, -0.05) is 6.92 Å². The molecule has 1 amide bonds. The first-order valence-corrected chi connectivity index (χ1v) is 11.5. The molecule has 7 nitrogen and oxygen atoms in total. The van der Waals surface area contributed by atoms with Crippen molar-refractivity contribution in [3.63, 3.8) is 0 Å². The molecule has 158 valence electrons. The van der Waals surface area contributed by atoms with Crippen molar-refractivity contribution in [3.05, 3.63) is 45.8 Å². The third-order valence-electron chi connectivity index (χ3n) is 4.74. The van der Waals surface area contributed by atoms with E-state index in [1.807, 2.05) is 0 Å². The number of benzene rings is 1. The lowest BCUT2D eigenvalue weighted by Crippen LogP contribution is -2.29. The smallest absolute Gasteiger partial charge is 0.341 e. The predicted octanol–water partition coefficient (Wildman–Crippen LogP) is 2.99. The van der Waals surface area contributed by atoms with E-state index < -0.39 is 21.7 Å². The SMILES string of the molecule is CCN1CCc2c(sc(NC(=O)c3ccc(S(C)(=O)=O)cc3)c2C(=O)OC)C1.Cl. The number of ether oxygens (including phenoxy) is 1. The number of likely N-dealkylation sites (N-methyl/N-ethyl adjacent to an activating group) is 1. The number of sulfone groups is 1. The van der Waals surface area contributed by atoms with Crippen molar-refractivity contribution in [1.82, 2.24) is 4.90 Å². The normalized spacial score (nSPS) is 13.9. The topological polar surface area (TPSA) is 92.8 Å². The molecule has 0 unspecified atom stereocenters. The minimum Gasteiger partial charge on any atom is -0.465 e. The Kier molecular flexibility index (Phi) is 7.45. The van der Waals surface area contributed by atoms with Crippen molar-refractivity contribution in [1.29, 1.82) is 0 Å². The van der Waals surface area contributed by atoms with Crippen LogP contribution in [0.5, 0.6) is 0 Å². The lowest BCUT2D eigenvalue weighted by Gasteiger charge is -2.25. The van der Waals surface area contributed by atoms with Crippen LogP contribution in [0.25, 0.3) is 0 Å². The number of nitrogens with zero attached hydrogens (tertiary/aromatic N) is 1. The van der Waals surface area contributed by atoms with Crippen LogP contribution >= 0.6 is 23.7 Å². The zero-order chi connectivity index (χ0) is 20.5. The zero-order valence-electron chi connectivity index (χ0n) is 16.4. The van der Waals surface area contributed by atoms with E-state index in [-0.39, 0.29) is 17.3 Å². The molecule has 2 aromatic rings. The van der Waals surface area contributed by atoms with Gasteiger partial charge in [0.05, 0.1) is 17.6 Å². The minimum absolute atomic E-state index is 0. The first-order chi connectivity index (χ1) is 13.2. The van der Waals surface area contributed by atoms with Crippen LogP contribution in [-0.4, -0.2) is 51.6 Å². The summed E-state index contributed by atoms with van der Waals surface area (Å²) in [6, 6.07) is 5.69. The van der Waals surface area contributed by atoms with Gasteiger partial charge in [-0.3, -0.25) is 9.69 Å². The summed E-state index contributed by atoms with van der Waals surface area (Å²) in [6.45, 7) is 4.59. The average Bonchev–Trinajstić information content (AvgIpc) is 3.03. The molecule has 0 atom stereocenters. The molecule has 1 aromatic heterocycles. The second-order valence-electron chi connectivity index (χ2n) is 6.57. The molecule has 1 N–H and O–H groups in total. The molecule has 0 radical (unpaired) electrons. The second kappa shape index (κ2) is 9.25. The van der Waals surface area contributed by atoms with Gasteiger partial charge < -0.3 is 10.1 Å². The van der Waals surface area contributed by atoms with E-state index in [1.54, 1.807) is 0 Å². The van der Waals surface area contributed by atoms with Gasteiger partial charge in [0, 0.05) is 29.8 Å². The van der Waals surface area contributed by atoms with Gasteiger partial charge in [0.25, 0.3) is 5.91 Å². The largest absolute Gasteiger partial charge is 0.465 e. The van der Waals surface area contributed by atoms with Crippen molar-refractivity contribution in [3.8, 4) is 0 Å². The highest BCUT2D eigenvalue weighted by atomic mass is 35.5. The first kappa shape index (κ1) is 23.3. The molecule has 1 aliphatic rings. The summed E-state index contributed by atoms with van der Waals surface area (Å²) in [7, 11) is -2.01. The average molecular weight is 459 g/mol. The van der Waals surface area contributed by atoms with E-state index in [0.29, 0.717) is 16.1 Å². The molecule has 0 saturated carbocycles. The molecule has 10 heteroatoms. The zero-order valence-corrected chi connectivity index (χ0v) is 18.8. The number of thiophene rings is 1. The van der Waals surface area contributed by atoms with Crippen LogP contribution in [0.15, 0.2) is 29.2 Å². The quantitative estimate of drug-likeness (QED) is 0.692. The molecular weight excluding hydrogens is 436 g/mol. The van der Waals surface area contributed by atoms with Crippen molar-refractivity contribution in [2.75, 3.05) is 31.8 Å². The number of rotatable bonds is 5. The number of anilines is 1. The fourth-order valence-corrected chi connectivity index (χ4v) is 5.06. The Morgan fingerprint density at radius 2 is 1.90 bits per heavy atom. The Hall–Kier alpha value is -1.94. The number of amides is 1. The third kappa shape index (κ3) is 4.98. The standard InChI is InChI=1S/C19H22N2O5S2.ClH/c1-4-21-10-9-14-15(11-21)27-18(16(14)19(23)26-2)20-17(22)12-5-7-13(8-6-12)28(3,24)25;/h5-8H,4,9-11H2,1-3H3,(H,20,22);1H. The summed E-state index contributed by atoms with van der Waals surface area (Å²) in [5, 5.41) is 3.27. The summed E-state index contributed by atoms with van der Waals surface area (Å²) >= 11 is 1.38. The summed E-state index contributed by atoms with van der Waals surface area (Å²) in [4.78, 5) is 28.5. The molecule has 1 aromatic carbocycles. The Labute approximate surface area is 180 Å². The first-order valence-electron chi connectivity index (χ1n) is 8.81. The predicted molar refractivity (Wildman–Crippen MR) is 115 cm³/mol. The van der Waals surface area contributed by atoms with Crippen molar-refractivity contribution in [2.45, 2.75) is 24.8 Å². The van der Waals surface area contributed by atoms with Crippen LogP contribution in [-0.2, 0) is 27.5 Å². The van der Waals surface area contributed by atoms with Crippen LogP contribution in [0.1, 0.15) is 38.1 Å². The number of hydrogen-bond acceptors (Lipinski definition) is 7. The van der Waals surface area contributed by atoms with Gasteiger partial charge in [0.1, 0.15) is 5.00 Å². The van der Waals surface area contributed by atoms with Gasteiger partial charge in [-0.2, -0.15) is 0 Å². The Morgan fingerprint density at radius 3 is 2.45 bits per heavy atom. The number of carbonyl (C=O) groups is 2. The van der Waals surface area contributed by atoms with Crippen LogP contribution in [0.2, 0.25) is 0 Å². The minimum atomic E-state index is -3.33. The highest BCUT2D eigenvalue weighted by Gasteiger charge is 2.29. The monoisotopic (exact) mass is 458 g/mol. The third-order valence-corrected chi connectivity index (χ3v) is 7.01. The van der Waals surface area contributed by atoms with E-state index in [4.69, 9.17) is 4.74 Å². The van der Waals surface area contributed by atoms with E-state index >= 15 is 0 Å². The Balaban J connectivity index is 0.00000300. The van der Waals surface area contributed by atoms with Gasteiger partial charge in [-0.25, -0.2) is 13.2 Å². The number of hydrogen-bond donors (Lipinski definition) is 1. The molecule has 1 aliphatic heterocycles. The van der Waals surface area contributed by atoms with Gasteiger partial charge in [0.15, 0.2) is 9.84 Å². The number of nitrogens with one attached hydrogen (secondary N) is 1. The lowest BCUT2D eigenvalue weighted by atomic mass is 10.0. The number of fused-ring (bicyclic) bond motifs is 1. The molecule has 0 spiro atoms. The second-order valence-corrected chi connectivity index (χ2v) is 9.69. The fraction of sp³-hybridized carbons (Fsp3) is 0.368. The summed E-state index contributed by atoms with van der Waals surface area (Å²) in [6.07, 6.45) is 1.84. The van der Waals surface area contributed by atoms with Crippen LogP contribution < -0.4 is 5.32 Å². The molecule has 3 rings (SSSR count). The van der Waals surface area contributed by atoms with Gasteiger partial charge in [-0.15, -0.1) is 23.7 Å². The van der Waals surface area contributed by atoms with Crippen molar-refractivity contribution < 1.29 is 22.7 Å². The molecule has 2 heterocycles. The molecular formula is C19H23ClN2O5S2. The number of carbonyl (C=O) groups excluding carboxylic acids is 2. The van der Waals surface area contributed by atoms with Crippen molar-refractivity contribution in [2.24, 2.45) is 0 Å². The van der Waals surface area contributed by atoms with Gasteiger partial charge in [-0.05, 0) is 42.8 Å². The molecule has 0 bridgehead atoms. The van der Waals surface area contributed by atoms with Gasteiger partial charge in [0.2, 0.25) is 0 Å². The van der Waals surface area contributed by atoms with Crippen LogP contribution in [0.4, 0.5) is 5.00 Å². The summed E-state index contributed by atoms with van der Waals surface area (Å²) in [5.41, 5.74) is 1.66. The van der Waals surface area contributed by atoms with E-state index in [1.165, 1.54) is 42.7 Å².